The summed E-state index contributed by atoms with van der Waals surface area (Å²) in [6.45, 7) is 0. The molecule has 0 aliphatic rings. The molecule has 6 radical (unpaired) electrons. The van der Waals surface area contributed by atoms with Crippen LogP contribution >= 0.6 is 31.3 Å². The van der Waals surface area contributed by atoms with E-state index in [9.17, 15) is 0 Å². The molecule has 0 N–H and O–H groups in total. The van der Waals surface area contributed by atoms with Gasteiger partial charge in [-0.1, -0.05) is 0 Å². The van der Waals surface area contributed by atoms with E-state index in [0.717, 1.165) is 0 Å². The first-order chi connectivity index (χ1) is 8.00. The van der Waals surface area contributed by atoms with Crippen LogP contribution in [0.2, 0.25) is 0 Å². The van der Waals surface area contributed by atoms with Crippen LogP contribution < -0.4 is 58.7 Å². The number of rotatable bonds is 0. The maximum absolute atomic E-state index is 8.55. The Kier molecular flexibility index (Phi) is 36.3. The molecular weight excluding hydrogens is 617 g/mol. The first kappa shape index (κ1) is 44.4. The topological polar surface area (TPSA) is 345 Å². The van der Waals surface area contributed by atoms with Crippen LogP contribution in [-0.4, -0.2) is 51.2 Å². The Hall–Kier alpha value is 2.00. The molecule has 0 bridgehead atoms. The summed E-state index contributed by atoms with van der Waals surface area (Å²) in [5.41, 5.74) is 0. The first-order valence-corrected chi connectivity index (χ1v) is 8.76. The SMILES string of the molecule is O=P([O-])([O-])[O-].O=P([O-])([O-])[O-].O=P([O-])([O-])[O-].O=P([O-])([O-])[O-].[Se+4].[Se+4].[Se+4]. The zero-order valence-corrected chi connectivity index (χ0v) is 18.3. The van der Waals surface area contributed by atoms with Gasteiger partial charge in [-0.3, -0.25) is 0 Å². The van der Waals surface area contributed by atoms with E-state index < -0.39 is 31.3 Å². The molecule has 0 atom stereocenters. The Morgan fingerprint density at radius 1 is 0.304 bits per heavy atom. The summed E-state index contributed by atoms with van der Waals surface area (Å²) >= 11 is 0. The van der Waals surface area contributed by atoms with Crippen molar-refractivity contribution in [1.82, 2.24) is 0 Å². The van der Waals surface area contributed by atoms with E-state index in [2.05, 4.69) is 0 Å². The van der Waals surface area contributed by atoms with Crippen molar-refractivity contribution in [1.29, 1.82) is 0 Å². The molecule has 23 heteroatoms. The third-order valence-corrected chi connectivity index (χ3v) is 0. The first-order valence-electron chi connectivity index (χ1n) is 2.92. The van der Waals surface area contributed by atoms with Gasteiger partial charge in [-0.05, 0) is 0 Å². The van der Waals surface area contributed by atoms with Crippen LogP contribution in [0.1, 0.15) is 0 Å². The number of hydrogen-bond donors (Lipinski definition) is 0. The standard InChI is InChI=1S/4H3O4P.3Se/c4*1-5(2,3)4;;;/h4*(H3,1,2,3,4);;;/q;;;;3*+4/p-12. The summed E-state index contributed by atoms with van der Waals surface area (Å²) in [5.74, 6) is 0. The van der Waals surface area contributed by atoms with Gasteiger partial charge < -0.3 is 77.0 Å². The van der Waals surface area contributed by atoms with Gasteiger partial charge in [0.2, 0.25) is 0 Å². The number of hydrogen-bond acceptors (Lipinski definition) is 16. The predicted octanol–water partition coefficient (Wildman–Crippen LogP) is -12.4. The fraction of sp³-hybridized carbons (Fsp3) is 0. The molecule has 23 heavy (non-hydrogen) atoms. The van der Waals surface area contributed by atoms with E-state index in [1.807, 2.05) is 0 Å². The molecule has 0 unspecified atom stereocenters. The normalized spacial score (nSPS) is 10.3. The maximum Gasteiger partial charge on any atom is 4.00 e. The van der Waals surface area contributed by atoms with Crippen LogP contribution in [0.3, 0.4) is 0 Å². The van der Waals surface area contributed by atoms with Crippen molar-refractivity contribution < 1.29 is 77.0 Å². The summed E-state index contributed by atoms with van der Waals surface area (Å²) in [7, 11) is -21.6. The fourth-order valence-electron chi connectivity index (χ4n) is 0. The second kappa shape index (κ2) is 18.8. The Bertz CT molecular complexity index is 292. The summed E-state index contributed by atoms with van der Waals surface area (Å²) in [6.07, 6.45) is 0. The Morgan fingerprint density at radius 2 is 0.304 bits per heavy atom. The predicted molar refractivity (Wildman–Crippen MR) is 47.7 cm³/mol. The Labute approximate surface area is 159 Å². The molecule has 16 nitrogen and oxygen atoms in total. The summed E-state index contributed by atoms with van der Waals surface area (Å²) < 4.78 is 34.2. The van der Waals surface area contributed by atoms with Crippen LogP contribution in [0, 0.1) is 0 Å². The van der Waals surface area contributed by atoms with Crippen molar-refractivity contribution in [3.8, 4) is 0 Å². The van der Waals surface area contributed by atoms with Crippen LogP contribution in [0.25, 0.3) is 0 Å². The van der Waals surface area contributed by atoms with E-state index in [0.29, 0.717) is 0 Å². The van der Waals surface area contributed by atoms with E-state index >= 15 is 0 Å². The van der Waals surface area contributed by atoms with Crippen molar-refractivity contribution in [3.05, 3.63) is 0 Å². The minimum atomic E-state index is -5.39. The van der Waals surface area contributed by atoms with Crippen molar-refractivity contribution in [3.63, 3.8) is 0 Å². The molecule has 0 aromatic heterocycles. The molecule has 0 spiro atoms. The van der Waals surface area contributed by atoms with Gasteiger partial charge in [0.05, 0.1) is 0 Å². The second-order valence-corrected chi connectivity index (χ2v) is 5.37. The molecule has 0 saturated carbocycles. The molecule has 0 saturated heterocycles. The van der Waals surface area contributed by atoms with Gasteiger partial charge in [-0.15, -0.1) is 0 Å². The van der Waals surface area contributed by atoms with E-state index in [4.69, 9.17) is 77.0 Å². The van der Waals surface area contributed by atoms with Crippen LogP contribution in [0.5, 0.6) is 0 Å². The maximum atomic E-state index is 8.55. The smallest absolute Gasteiger partial charge is 0.822 e. The average molecular weight is 617 g/mol. The summed E-state index contributed by atoms with van der Waals surface area (Å²) in [6, 6.07) is 0. The van der Waals surface area contributed by atoms with Crippen molar-refractivity contribution in [2.45, 2.75) is 0 Å². The van der Waals surface area contributed by atoms with Gasteiger partial charge in [-0.2, -0.15) is 31.3 Å². The molecule has 0 aliphatic heterocycles. The minimum Gasteiger partial charge on any atom is -0.822 e. The van der Waals surface area contributed by atoms with E-state index in [-0.39, 0.29) is 51.2 Å². The van der Waals surface area contributed by atoms with E-state index in [1.165, 1.54) is 0 Å². The van der Waals surface area contributed by atoms with Crippen molar-refractivity contribution in [2.75, 3.05) is 0 Å². The molecule has 0 fully saturated rings. The second-order valence-electron chi connectivity index (χ2n) is 1.79. The van der Waals surface area contributed by atoms with Gasteiger partial charge in [0.25, 0.3) is 0 Å². The third kappa shape index (κ3) is 2910. The zero-order valence-electron chi connectivity index (χ0n) is 9.55. The third-order valence-electron chi connectivity index (χ3n) is 0. The van der Waals surface area contributed by atoms with Gasteiger partial charge in [-0.25, -0.2) is 0 Å². The van der Waals surface area contributed by atoms with Gasteiger partial charge in [0.1, 0.15) is 0 Å². The quantitative estimate of drug-likeness (QED) is 0.180. The number of phosphoric acid groups is 4. The Morgan fingerprint density at radius 3 is 0.304 bits per heavy atom. The largest absolute Gasteiger partial charge is 4.00 e. The van der Waals surface area contributed by atoms with Crippen LogP contribution in [-0.2, 0) is 18.3 Å². The summed E-state index contributed by atoms with van der Waals surface area (Å²) in [4.78, 5) is 103. The Balaban J connectivity index is -0.0000000284. The van der Waals surface area contributed by atoms with E-state index in [1.54, 1.807) is 0 Å². The molecule has 0 heterocycles. The molecule has 0 aliphatic carbocycles. The van der Waals surface area contributed by atoms with Crippen molar-refractivity contribution >= 4 is 82.5 Å². The zero-order chi connectivity index (χ0) is 18.0. The molecule has 0 rings (SSSR count). The molecular formula is O16P4Se3. The molecule has 0 aromatic rings. The molecule has 0 aromatic carbocycles. The van der Waals surface area contributed by atoms with Crippen LogP contribution in [0.15, 0.2) is 0 Å². The summed E-state index contributed by atoms with van der Waals surface area (Å²) in [5, 5.41) is 0. The fourth-order valence-corrected chi connectivity index (χ4v) is 0. The molecule has 134 valence electrons. The van der Waals surface area contributed by atoms with Gasteiger partial charge >= 0.3 is 51.2 Å². The van der Waals surface area contributed by atoms with Crippen LogP contribution in [0.4, 0.5) is 0 Å². The minimum absolute atomic E-state index is 0. The average Bonchev–Trinajstić information content (AvgIpc) is 1.62. The van der Waals surface area contributed by atoms with Gasteiger partial charge in [0.15, 0.2) is 0 Å². The van der Waals surface area contributed by atoms with Gasteiger partial charge in [0, 0.05) is 0 Å². The molecule has 0 amide bonds. The monoisotopic (exact) mass is 620 g/mol. The van der Waals surface area contributed by atoms with Crippen molar-refractivity contribution in [2.24, 2.45) is 0 Å².